The second-order valence-electron chi connectivity index (χ2n) is 9.13. The lowest BCUT2D eigenvalue weighted by atomic mass is 10.1. The van der Waals surface area contributed by atoms with Crippen molar-refractivity contribution < 1.29 is 17.9 Å². The maximum absolute atomic E-state index is 13.4. The molecule has 0 radical (unpaired) electrons. The molecule has 2 aliphatic heterocycles. The summed E-state index contributed by atoms with van der Waals surface area (Å²) in [4.78, 5) is 17.6. The molecule has 1 fully saturated rings. The first-order valence-electron chi connectivity index (χ1n) is 11.9. The van der Waals surface area contributed by atoms with Crippen molar-refractivity contribution in [3.63, 3.8) is 0 Å². The van der Waals surface area contributed by atoms with Gasteiger partial charge in [-0.3, -0.25) is 9.10 Å². The molecule has 2 heterocycles. The zero-order valence-electron chi connectivity index (χ0n) is 20.2. The molecule has 0 spiro atoms. The van der Waals surface area contributed by atoms with Crippen LogP contribution >= 0.6 is 11.6 Å². The Morgan fingerprint density at radius 1 is 0.944 bits per heavy atom. The van der Waals surface area contributed by atoms with E-state index in [1.54, 1.807) is 31.4 Å². The smallest absolute Gasteiger partial charge is 0.264 e. The van der Waals surface area contributed by atoms with E-state index < -0.39 is 10.0 Å². The highest BCUT2D eigenvalue weighted by Gasteiger charge is 2.36. The number of fused-ring (bicyclic) bond motifs is 1. The Morgan fingerprint density at radius 3 is 2.25 bits per heavy atom. The molecule has 0 N–H and O–H groups in total. The molecule has 5 rings (SSSR count). The number of anilines is 2. The number of benzene rings is 3. The van der Waals surface area contributed by atoms with E-state index >= 15 is 0 Å². The van der Waals surface area contributed by atoms with E-state index in [9.17, 15) is 13.2 Å². The average Bonchev–Trinajstić information content (AvgIpc) is 3.24. The number of piperazine rings is 1. The zero-order chi connectivity index (χ0) is 25.4. The van der Waals surface area contributed by atoms with Gasteiger partial charge in [-0.2, -0.15) is 0 Å². The summed E-state index contributed by atoms with van der Waals surface area (Å²) in [5, 5.41) is 0.483. The molecular formula is C27H28ClN3O4S. The van der Waals surface area contributed by atoms with Crippen LogP contribution in [0.2, 0.25) is 5.02 Å². The minimum absolute atomic E-state index is 0.0288. The van der Waals surface area contributed by atoms with Crippen LogP contribution in [0, 0.1) is 0 Å². The SMILES string of the molecule is COc1ccc(N2CCN(C(=O)c3ccc4c(c3)C[C@@H](C)N4S(=O)(=O)c3ccc(Cl)cc3)CC2)cc1. The molecule has 3 aromatic carbocycles. The molecule has 7 nitrogen and oxygen atoms in total. The Bertz CT molecular complexity index is 1370. The van der Waals surface area contributed by atoms with Crippen LogP contribution in [0.25, 0.3) is 0 Å². The molecule has 3 aromatic rings. The van der Waals surface area contributed by atoms with E-state index in [1.165, 1.54) is 16.4 Å². The highest BCUT2D eigenvalue weighted by atomic mass is 35.5. The Labute approximate surface area is 216 Å². The summed E-state index contributed by atoms with van der Waals surface area (Å²) in [6.07, 6.45) is 0.550. The Kier molecular flexibility index (Phi) is 6.57. The fourth-order valence-electron chi connectivity index (χ4n) is 4.97. The van der Waals surface area contributed by atoms with Crippen LogP contribution in [0.1, 0.15) is 22.8 Å². The molecule has 2 aliphatic rings. The summed E-state index contributed by atoms with van der Waals surface area (Å²) in [6.45, 7) is 4.61. The summed E-state index contributed by atoms with van der Waals surface area (Å²) in [5.41, 5.74) is 3.18. The topological polar surface area (TPSA) is 70.2 Å². The van der Waals surface area contributed by atoms with Gasteiger partial charge in [-0.1, -0.05) is 11.6 Å². The van der Waals surface area contributed by atoms with Crippen LogP contribution in [0.4, 0.5) is 11.4 Å². The molecule has 0 unspecified atom stereocenters. The van der Waals surface area contributed by atoms with Crippen LogP contribution in [-0.4, -0.2) is 58.6 Å². The lowest BCUT2D eigenvalue weighted by molar-refractivity contribution is 0.0746. The molecule has 1 saturated heterocycles. The second-order valence-corrected chi connectivity index (χ2v) is 11.4. The van der Waals surface area contributed by atoms with Crippen molar-refractivity contribution in [3.05, 3.63) is 82.9 Å². The number of amides is 1. The first-order valence-corrected chi connectivity index (χ1v) is 13.7. The van der Waals surface area contributed by atoms with Crippen LogP contribution in [0.15, 0.2) is 71.6 Å². The quantitative estimate of drug-likeness (QED) is 0.492. The largest absolute Gasteiger partial charge is 0.497 e. The Morgan fingerprint density at radius 2 is 1.61 bits per heavy atom. The third-order valence-corrected chi connectivity index (χ3v) is 9.05. The second kappa shape index (κ2) is 9.67. The molecule has 0 aliphatic carbocycles. The number of methoxy groups -OCH3 is 1. The van der Waals surface area contributed by atoms with Crippen molar-refractivity contribution in [1.29, 1.82) is 0 Å². The minimum atomic E-state index is -3.74. The number of carbonyl (C=O) groups is 1. The van der Waals surface area contributed by atoms with Crippen molar-refractivity contribution >= 4 is 38.9 Å². The fourth-order valence-corrected chi connectivity index (χ4v) is 6.78. The molecule has 9 heteroatoms. The van der Waals surface area contributed by atoms with Crippen molar-refractivity contribution in [1.82, 2.24) is 4.90 Å². The zero-order valence-corrected chi connectivity index (χ0v) is 21.8. The van der Waals surface area contributed by atoms with E-state index in [2.05, 4.69) is 4.90 Å². The number of hydrogen-bond donors (Lipinski definition) is 0. The van der Waals surface area contributed by atoms with Gasteiger partial charge in [0.05, 0.1) is 17.7 Å². The number of sulfonamides is 1. The first kappa shape index (κ1) is 24.5. The number of nitrogens with zero attached hydrogens (tertiary/aromatic N) is 3. The van der Waals surface area contributed by atoms with Gasteiger partial charge in [0.15, 0.2) is 0 Å². The summed E-state index contributed by atoms with van der Waals surface area (Å²) in [6, 6.07) is 19.2. The van der Waals surface area contributed by atoms with E-state index in [-0.39, 0.29) is 16.8 Å². The predicted molar refractivity (Wildman–Crippen MR) is 142 cm³/mol. The van der Waals surface area contributed by atoms with Gasteiger partial charge in [0, 0.05) is 48.5 Å². The van der Waals surface area contributed by atoms with Crippen LogP contribution in [0.3, 0.4) is 0 Å². The maximum atomic E-state index is 13.4. The molecule has 0 aromatic heterocycles. The minimum Gasteiger partial charge on any atom is -0.497 e. The molecule has 1 amide bonds. The summed E-state index contributed by atoms with van der Waals surface area (Å²) < 4.78 is 33.4. The molecule has 188 valence electrons. The first-order chi connectivity index (χ1) is 17.3. The number of hydrogen-bond acceptors (Lipinski definition) is 5. The molecule has 36 heavy (non-hydrogen) atoms. The van der Waals surface area contributed by atoms with Gasteiger partial charge >= 0.3 is 0 Å². The number of ether oxygens (including phenoxy) is 1. The van der Waals surface area contributed by atoms with Crippen LogP contribution < -0.4 is 13.9 Å². The highest BCUT2D eigenvalue weighted by Crippen LogP contribution is 2.37. The molecule has 0 bridgehead atoms. The lowest BCUT2D eigenvalue weighted by Crippen LogP contribution is -2.48. The normalized spacial score (nSPS) is 17.8. The predicted octanol–water partition coefficient (Wildman–Crippen LogP) is 4.45. The Hall–Kier alpha value is -3.23. The average molecular weight is 526 g/mol. The van der Waals surface area contributed by atoms with Gasteiger partial charge in [-0.05, 0) is 85.6 Å². The van der Waals surface area contributed by atoms with Crippen molar-refractivity contribution in [2.45, 2.75) is 24.3 Å². The van der Waals surface area contributed by atoms with E-state index in [0.29, 0.717) is 35.8 Å². The maximum Gasteiger partial charge on any atom is 0.264 e. The lowest BCUT2D eigenvalue weighted by Gasteiger charge is -2.36. The molecular weight excluding hydrogens is 498 g/mol. The fraction of sp³-hybridized carbons (Fsp3) is 0.296. The van der Waals surface area contributed by atoms with Gasteiger partial charge in [-0.25, -0.2) is 8.42 Å². The van der Waals surface area contributed by atoms with Crippen LogP contribution in [-0.2, 0) is 16.4 Å². The van der Waals surface area contributed by atoms with Gasteiger partial charge in [0.25, 0.3) is 15.9 Å². The van der Waals surface area contributed by atoms with Gasteiger partial charge in [-0.15, -0.1) is 0 Å². The summed E-state index contributed by atoms with van der Waals surface area (Å²) >= 11 is 5.94. The van der Waals surface area contributed by atoms with E-state index in [4.69, 9.17) is 16.3 Å². The monoisotopic (exact) mass is 525 g/mol. The van der Waals surface area contributed by atoms with Crippen LogP contribution in [0.5, 0.6) is 5.75 Å². The van der Waals surface area contributed by atoms with Crippen molar-refractivity contribution in [2.24, 2.45) is 0 Å². The van der Waals surface area contributed by atoms with Gasteiger partial charge < -0.3 is 14.5 Å². The summed E-state index contributed by atoms with van der Waals surface area (Å²) in [7, 11) is -2.09. The van der Waals surface area contributed by atoms with E-state index in [0.717, 1.165) is 30.1 Å². The van der Waals surface area contributed by atoms with Crippen molar-refractivity contribution in [2.75, 3.05) is 42.5 Å². The standard InChI is InChI=1S/C27H28ClN3O4S/c1-19-17-21-18-20(3-12-26(21)31(19)36(33,34)25-10-4-22(28)5-11-25)27(32)30-15-13-29(14-16-30)23-6-8-24(35-2)9-7-23/h3-12,18-19H,13-17H2,1-2H3/t19-/m1/s1. The third kappa shape index (κ3) is 4.51. The highest BCUT2D eigenvalue weighted by molar-refractivity contribution is 7.92. The van der Waals surface area contributed by atoms with Gasteiger partial charge in [0.2, 0.25) is 0 Å². The number of halogens is 1. The van der Waals surface area contributed by atoms with Gasteiger partial charge in [0.1, 0.15) is 5.75 Å². The third-order valence-electron chi connectivity index (χ3n) is 6.85. The summed E-state index contributed by atoms with van der Waals surface area (Å²) in [5.74, 6) is 0.789. The molecule has 0 saturated carbocycles. The number of carbonyl (C=O) groups excluding carboxylic acids is 1. The van der Waals surface area contributed by atoms with Crippen molar-refractivity contribution in [3.8, 4) is 5.75 Å². The van der Waals surface area contributed by atoms with E-state index in [1.807, 2.05) is 42.2 Å². The Balaban J connectivity index is 1.30. The number of rotatable bonds is 5. The molecule has 1 atom stereocenters.